The van der Waals surface area contributed by atoms with Gasteiger partial charge in [-0.3, -0.25) is 14.4 Å². The highest BCUT2D eigenvalue weighted by Gasteiger charge is 2.37. The number of imide groups is 1. The number of nitriles is 1. The summed E-state index contributed by atoms with van der Waals surface area (Å²) in [6.07, 6.45) is 0. The van der Waals surface area contributed by atoms with Crippen molar-refractivity contribution in [1.82, 2.24) is 5.06 Å². The maximum Gasteiger partial charge on any atom is 0.285 e. The lowest BCUT2D eigenvalue weighted by Gasteiger charge is -2.27. The molecule has 6 nitrogen and oxygen atoms in total. The van der Waals surface area contributed by atoms with Gasteiger partial charge in [0.25, 0.3) is 11.8 Å². The van der Waals surface area contributed by atoms with Crippen molar-refractivity contribution in [3.63, 3.8) is 0 Å². The van der Waals surface area contributed by atoms with Gasteiger partial charge in [-0.25, -0.2) is 0 Å². The molecule has 0 atom stereocenters. The number of amides is 2. The second-order valence-electron chi connectivity index (χ2n) is 6.22. The summed E-state index contributed by atoms with van der Waals surface area (Å²) in [7, 11) is 0. The van der Waals surface area contributed by atoms with Crippen LogP contribution < -0.4 is 4.74 Å². The smallest absolute Gasteiger partial charge is 0.285 e. The van der Waals surface area contributed by atoms with Crippen molar-refractivity contribution >= 4 is 11.8 Å². The minimum Gasteiger partial charge on any atom is -0.485 e. The Morgan fingerprint density at radius 1 is 1.00 bits per heavy atom. The molecule has 2 aromatic rings. The minimum atomic E-state index is -0.788. The molecule has 1 aliphatic rings. The summed E-state index contributed by atoms with van der Waals surface area (Å²) in [5.41, 5.74) is 0.410. The van der Waals surface area contributed by atoms with Gasteiger partial charge in [-0.15, -0.1) is 5.06 Å². The van der Waals surface area contributed by atoms with Crippen LogP contribution >= 0.6 is 0 Å². The number of hydrogen-bond acceptors (Lipinski definition) is 5. The van der Waals surface area contributed by atoms with Gasteiger partial charge in [0.15, 0.2) is 0 Å². The molecule has 0 aliphatic carbocycles. The van der Waals surface area contributed by atoms with Crippen LogP contribution in [0.3, 0.4) is 0 Å². The Morgan fingerprint density at radius 2 is 1.56 bits per heavy atom. The zero-order valence-electron chi connectivity index (χ0n) is 13.9. The second kappa shape index (κ2) is 6.38. The molecule has 2 amide bonds. The normalized spacial score (nSPS) is 13.6. The van der Waals surface area contributed by atoms with E-state index in [-0.39, 0.29) is 6.61 Å². The van der Waals surface area contributed by atoms with Crippen molar-refractivity contribution in [3.05, 3.63) is 65.2 Å². The lowest BCUT2D eigenvalue weighted by Crippen LogP contribution is -2.40. The van der Waals surface area contributed by atoms with Crippen LogP contribution in [0.1, 0.15) is 40.1 Å². The highest BCUT2D eigenvalue weighted by Crippen LogP contribution is 2.24. The van der Waals surface area contributed by atoms with Crippen molar-refractivity contribution in [2.45, 2.75) is 19.4 Å². The number of ether oxygens (including phenoxy) is 1. The van der Waals surface area contributed by atoms with E-state index in [0.717, 1.165) is 5.06 Å². The molecule has 0 N–H and O–H groups in total. The number of rotatable bonds is 5. The third-order valence-corrected chi connectivity index (χ3v) is 3.68. The van der Waals surface area contributed by atoms with Crippen LogP contribution in [0.4, 0.5) is 0 Å². The topological polar surface area (TPSA) is 79.6 Å². The number of carbonyl (C=O) groups is 2. The summed E-state index contributed by atoms with van der Waals surface area (Å²) in [6.45, 7) is 3.56. The Morgan fingerprint density at radius 3 is 2.08 bits per heavy atom. The molecule has 0 aromatic heterocycles. The van der Waals surface area contributed by atoms with Gasteiger partial charge < -0.3 is 4.74 Å². The number of hydroxylamine groups is 2. The van der Waals surface area contributed by atoms with Crippen molar-refractivity contribution in [2.75, 3.05) is 6.61 Å². The third kappa shape index (κ3) is 3.37. The first kappa shape index (κ1) is 16.7. The minimum absolute atomic E-state index is 0.00152. The van der Waals surface area contributed by atoms with Gasteiger partial charge in [-0.2, -0.15) is 5.26 Å². The molecule has 0 saturated heterocycles. The summed E-state index contributed by atoms with van der Waals surface area (Å²) in [5.74, 6) is -0.389. The molecule has 1 heterocycles. The number of carbonyl (C=O) groups excluding carboxylic acids is 2. The molecule has 0 fully saturated rings. The van der Waals surface area contributed by atoms with Gasteiger partial charge >= 0.3 is 0 Å². The Kier molecular flexibility index (Phi) is 4.26. The van der Waals surface area contributed by atoms with E-state index in [9.17, 15) is 9.59 Å². The van der Waals surface area contributed by atoms with Crippen LogP contribution in [0, 0.1) is 11.3 Å². The van der Waals surface area contributed by atoms with E-state index in [0.29, 0.717) is 22.4 Å². The van der Waals surface area contributed by atoms with Gasteiger partial charge in [0.2, 0.25) is 0 Å². The number of fused-ring (bicyclic) bond motifs is 1. The van der Waals surface area contributed by atoms with Gasteiger partial charge in [0.1, 0.15) is 18.0 Å². The molecule has 3 rings (SSSR count). The van der Waals surface area contributed by atoms with Crippen LogP contribution in [-0.4, -0.2) is 29.1 Å². The molecule has 2 aromatic carbocycles. The standard InChI is InChI=1S/C19H16N2O4/c1-19(2,25-14-9-7-13(11-20)8-10-14)12-24-21-17(22)15-5-3-4-6-16(15)18(21)23/h3-10H,12H2,1-2H3. The van der Waals surface area contributed by atoms with Crippen LogP contribution in [0.15, 0.2) is 48.5 Å². The number of nitrogens with zero attached hydrogens (tertiary/aromatic N) is 2. The molecule has 6 heteroatoms. The van der Waals surface area contributed by atoms with Gasteiger partial charge in [-0.05, 0) is 50.2 Å². The lowest BCUT2D eigenvalue weighted by atomic mass is 10.1. The van der Waals surface area contributed by atoms with Gasteiger partial charge in [0.05, 0.1) is 22.8 Å². The maximum atomic E-state index is 12.3. The van der Waals surface area contributed by atoms with Crippen LogP contribution in [0.5, 0.6) is 5.75 Å². The molecule has 126 valence electrons. The van der Waals surface area contributed by atoms with Crippen molar-refractivity contribution < 1.29 is 19.2 Å². The van der Waals surface area contributed by atoms with E-state index >= 15 is 0 Å². The fourth-order valence-electron chi connectivity index (χ4n) is 2.45. The highest BCUT2D eigenvalue weighted by atomic mass is 16.7. The van der Waals surface area contributed by atoms with Gasteiger partial charge in [0, 0.05) is 0 Å². The number of hydrogen-bond donors (Lipinski definition) is 0. The predicted molar refractivity (Wildman–Crippen MR) is 88.8 cm³/mol. The van der Waals surface area contributed by atoms with E-state index in [1.807, 2.05) is 6.07 Å². The van der Waals surface area contributed by atoms with Crippen molar-refractivity contribution in [1.29, 1.82) is 5.26 Å². The largest absolute Gasteiger partial charge is 0.485 e. The fourth-order valence-corrected chi connectivity index (χ4v) is 2.45. The monoisotopic (exact) mass is 336 g/mol. The highest BCUT2D eigenvalue weighted by molar-refractivity contribution is 6.20. The van der Waals surface area contributed by atoms with Crippen LogP contribution in [0.2, 0.25) is 0 Å². The Hall–Kier alpha value is -3.17. The first-order valence-corrected chi connectivity index (χ1v) is 7.71. The number of benzene rings is 2. The molecule has 0 saturated carbocycles. The Bertz CT molecular complexity index is 831. The van der Waals surface area contributed by atoms with Crippen molar-refractivity contribution in [2.24, 2.45) is 0 Å². The molecular formula is C19H16N2O4. The van der Waals surface area contributed by atoms with Crippen molar-refractivity contribution in [3.8, 4) is 11.8 Å². The Labute approximate surface area is 145 Å². The summed E-state index contributed by atoms with van der Waals surface area (Å²) in [5, 5.41) is 9.58. The summed E-state index contributed by atoms with van der Waals surface area (Å²) in [6, 6.07) is 15.3. The summed E-state index contributed by atoms with van der Waals surface area (Å²) in [4.78, 5) is 30.0. The van der Waals surface area contributed by atoms with Crippen LogP contribution in [-0.2, 0) is 4.84 Å². The average Bonchev–Trinajstić information content (AvgIpc) is 2.85. The Balaban J connectivity index is 1.65. The predicted octanol–water partition coefficient (Wildman–Crippen LogP) is 2.94. The second-order valence-corrected chi connectivity index (χ2v) is 6.22. The first-order chi connectivity index (χ1) is 11.9. The molecule has 0 unspecified atom stereocenters. The summed E-state index contributed by atoms with van der Waals surface area (Å²) < 4.78 is 5.83. The zero-order chi connectivity index (χ0) is 18.0. The zero-order valence-corrected chi connectivity index (χ0v) is 13.9. The lowest BCUT2D eigenvalue weighted by molar-refractivity contribution is -0.130. The quantitative estimate of drug-likeness (QED) is 0.784. The van der Waals surface area contributed by atoms with E-state index < -0.39 is 17.4 Å². The van der Waals surface area contributed by atoms with E-state index in [1.54, 1.807) is 62.4 Å². The summed E-state index contributed by atoms with van der Waals surface area (Å²) >= 11 is 0. The third-order valence-electron chi connectivity index (χ3n) is 3.68. The SMILES string of the molecule is CC(C)(CON1C(=O)c2ccccc2C1=O)Oc1ccc(C#N)cc1. The maximum absolute atomic E-state index is 12.3. The van der Waals surface area contributed by atoms with E-state index in [2.05, 4.69) is 0 Å². The van der Waals surface area contributed by atoms with E-state index in [1.165, 1.54) is 0 Å². The molecule has 0 bridgehead atoms. The first-order valence-electron chi connectivity index (χ1n) is 7.71. The molecule has 0 radical (unpaired) electrons. The molecule has 1 aliphatic heterocycles. The fraction of sp³-hybridized carbons (Fsp3) is 0.211. The van der Waals surface area contributed by atoms with Crippen LogP contribution in [0.25, 0.3) is 0 Å². The molecule has 25 heavy (non-hydrogen) atoms. The average molecular weight is 336 g/mol. The molecule has 0 spiro atoms. The van der Waals surface area contributed by atoms with E-state index in [4.69, 9.17) is 14.8 Å². The molecular weight excluding hydrogens is 320 g/mol. The van der Waals surface area contributed by atoms with Gasteiger partial charge in [-0.1, -0.05) is 12.1 Å².